The van der Waals surface area contributed by atoms with Crippen LogP contribution in [0.4, 0.5) is 0 Å². The van der Waals surface area contributed by atoms with Crippen molar-refractivity contribution in [1.82, 2.24) is 4.90 Å². The summed E-state index contributed by atoms with van der Waals surface area (Å²) in [6.07, 6.45) is 24.2. The summed E-state index contributed by atoms with van der Waals surface area (Å²) in [6, 6.07) is 0. The normalized spacial score (nSPS) is 11.8. The van der Waals surface area contributed by atoms with Gasteiger partial charge in [-0.2, -0.15) is 0 Å². The monoisotopic (exact) mass is 553 g/mol. The van der Waals surface area contributed by atoms with Gasteiger partial charge in [0.1, 0.15) is 0 Å². The molecule has 226 valence electrons. The van der Waals surface area contributed by atoms with E-state index < -0.39 is 7.82 Å². The molecule has 0 heterocycles. The zero-order chi connectivity index (χ0) is 28.0. The van der Waals surface area contributed by atoms with E-state index in [0.717, 1.165) is 31.7 Å². The number of hydrogen-bond acceptors (Lipinski definition) is 5. The van der Waals surface area contributed by atoms with Gasteiger partial charge in [0, 0.05) is 13.1 Å². The summed E-state index contributed by atoms with van der Waals surface area (Å²) < 4.78 is 14.8. The summed E-state index contributed by atoms with van der Waals surface area (Å²) in [7, 11) is -4.25. The van der Waals surface area contributed by atoms with E-state index in [1.165, 1.54) is 103 Å². The van der Waals surface area contributed by atoms with Crippen molar-refractivity contribution in [3.8, 4) is 0 Å². The van der Waals surface area contributed by atoms with Gasteiger partial charge < -0.3 is 20.0 Å². The molecule has 7 nitrogen and oxygen atoms in total. The van der Waals surface area contributed by atoms with Gasteiger partial charge in [0.2, 0.25) is 0 Å². The summed E-state index contributed by atoms with van der Waals surface area (Å²) in [6.45, 7) is 9.73. The SMILES string of the molecule is CC(C)CCCCCCCCCCOP(=O)(O)O.CCCCCCCCCCCCN(CCO)CCO. The molecule has 8 heteroatoms. The molecule has 0 amide bonds. The summed E-state index contributed by atoms with van der Waals surface area (Å²) in [4.78, 5) is 19.1. The van der Waals surface area contributed by atoms with Crippen molar-refractivity contribution < 1.29 is 29.1 Å². The zero-order valence-electron chi connectivity index (χ0n) is 24.8. The second-order valence-electron chi connectivity index (χ2n) is 10.8. The van der Waals surface area contributed by atoms with E-state index in [0.29, 0.717) is 13.1 Å². The minimum absolute atomic E-state index is 0.165. The molecule has 0 radical (unpaired) electrons. The standard InChI is InChI=1S/C16H35NO2.C13H29O4P/c1-2-3-4-5-6-7-8-9-10-11-12-17(13-15-18)14-16-19;1-13(2)11-9-7-5-3-4-6-8-10-12-17-18(14,15)16/h18-19H,2-16H2,1H3;13H,3-12H2,1-2H3,(H2,14,15,16). The number of aliphatic hydroxyl groups excluding tert-OH is 2. The van der Waals surface area contributed by atoms with Crippen LogP contribution in [0.5, 0.6) is 0 Å². The fourth-order valence-corrected chi connectivity index (χ4v) is 4.71. The Labute approximate surface area is 230 Å². The highest BCUT2D eigenvalue weighted by atomic mass is 31.2. The summed E-state index contributed by atoms with van der Waals surface area (Å²) in [5.74, 6) is 0.819. The molecule has 0 aliphatic carbocycles. The van der Waals surface area contributed by atoms with Gasteiger partial charge in [0.15, 0.2) is 0 Å². The first kappa shape index (κ1) is 39.1. The summed E-state index contributed by atoms with van der Waals surface area (Å²) in [5, 5.41) is 17.8. The number of phosphoric acid groups is 1. The van der Waals surface area contributed by atoms with Crippen LogP contribution >= 0.6 is 7.82 Å². The van der Waals surface area contributed by atoms with Crippen molar-refractivity contribution in [2.45, 2.75) is 143 Å². The van der Waals surface area contributed by atoms with Crippen LogP contribution in [0.25, 0.3) is 0 Å². The second-order valence-corrected chi connectivity index (χ2v) is 12.0. The largest absolute Gasteiger partial charge is 0.469 e. The molecule has 0 saturated heterocycles. The van der Waals surface area contributed by atoms with Crippen LogP contribution in [0.3, 0.4) is 0 Å². The Morgan fingerprint density at radius 1 is 0.622 bits per heavy atom. The molecular weight excluding hydrogens is 489 g/mol. The van der Waals surface area contributed by atoms with Crippen molar-refractivity contribution in [1.29, 1.82) is 0 Å². The molecule has 0 unspecified atom stereocenters. The van der Waals surface area contributed by atoms with E-state index in [4.69, 9.17) is 20.0 Å². The molecule has 4 N–H and O–H groups in total. The van der Waals surface area contributed by atoms with Crippen LogP contribution in [-0.2, 0) is 9.09 Å². The Hall–Kier alpha value is -0.0100. The molecule has 0 aromatic rings. The highest BCUT2D eigenvalue weighted by Gasteiger charge is 2.12. The van der Waals surface area contributed by atoms with E-state index >= 15 is 0 Å². The lowest BCUT2D eigenvalue weighted by molar-refractivity contribution is 0.159. The minimum Gasteiger partial charge on any atom is -0.395 e. The van der Waals surface area contributed by atoms with Crippen molar-refractivity contribution in [3.63, 3.8) is 0 Å². The van der Waals surface area contributed by atoms with Crippen LogP contribution in [0.2, 0.25) is 0 Å². The van der Waals surface area contributed by atoms with E-state index in [9.17, 15) is 4.57 Å². The predicted octanol–water partition coefficient (Wildman–Crippen LogP) is 7.46. The maximum absolute atomic E-state index is 10.4. The minimum atomic E-state index is -4.25. The lowest BCUT2D eigenvalue weighted by Crippen LogP contribution is -2.30. The molecule has 0 bridgehead atoms. The third-order valence-corrected chi connectivity index (χ3v) is 7.11. The van der Waals surface area contributed by atoms with Gasteiger partial charge in [-0.1, -0.05) is 130 Å². The Balaban J connectivity index is 0. The first-order valence-electron chi connectivity index (χ1n) is 15.4. The molecule has 0 spiro atoms. The van der Waals surface area contributed by atoms with Gasteiger partial charge in [-0.15, -0.1) is 0 Å². The number of unbranched alkanes of at least 4 members (excludes halogenated alkanes) is 16. The van der Waals surface area contributed by atoms with E-state index in [-0.39, 0.29) is 19.8 Å². The molecule has 0 atom stereocenters. The lowest BCUT2D eigenvalue weighted by atomic mass is 10.0. The average molecular weight is 554 g/mol. The Morgan fingerprint density at radius 2 is 1.03 bits per heavy atom. The van der Waals surface area contributed by atoms with Crippen LogP contribution in [0, 0.1) is 5.92 Å². The highest BCUT2D eigenvalue weighted by molar-refractivity contribution is 7.46. The van der Waals surface area contributed by atoms with Crippen LogP contribution in [-0.4, -0.2) is 64.4 Å². The van der Waals surface area contributed by atoms with Gasteiger partial charge in [0.25, 0.3) is 0 Å². The second kappa shape index (κ2) is 30.5. The van der Waals surface area contributed by atoms with Crippen molar-refractivity contribution in [2.75, 3.05) is 39.5 Å². The fraction of sp³-hybridized carbons (Fsp3) is 1.00. The molecule has 0 saturated carbocycles. The molecule has 37 heavy (non-hydrogen) atoms. The van der Waals surface area contributed by atoms with Gasteiger partial charge in [-0.3, -0.25) is 9.42 Å². The fourth-order valence-electron chi connectivity index (χ4n) is 4.34. The number of aliphatic hydroxyl groups is 2. The van der Waals surface area contributed by atoms with Crippen LogP contribution in [0.1, 0.15) is 143 Å². The summed E-state index contributed by atoms with van der Waals surface area (Å²) in [5.41, 5.74) is 0. The van der Waals surface area contributed by atoms with Gasteiger partial charge in [-0.25, -0.2) is 4.57 Å². The molecule has 0 aliphatic heterocycles. The third kappa shape index (κ3) is 38.2. The Bertz CT molecular complexity index is 469. The van der Waals surface area contributed by atoms with Crippen LogP contribution < -0.4 is 0 Å². The third-order valence-electron chi connectivity index (χ3n) is 6.60. The number of phosphoric ester groups is 1. The molecule has 0 rings (SSSR count). The maximum atomic E-state index is 10.4. The van der Waals surface area contributed by atoms with Crippen molar-refractivity contribution in [2.24, 2.45) is 5.92 Å². The van der Waals surface area contributed by atoms with E-state index in [1.807, 2.05) is 0 Å². The lowest BCUT2D eigenvalue weighted by Gasteiger charge is -2.19. The molecule has 0 aromatic heterocycles. The van der Waals surface area contributed by atoms with E-state index in [2.05, 4.69) is 30.2 Å². The molecule has 0 aliphatic rings. The average Bonchev–Trinajstić information content (AvgIpc) is 2.83. The number of hydrogen-bond donors (Lipinski definition) is 4. The van der Waals surface area contributed by atoms with Gasteiger partial charge >= 0.3 is 7.82 Å². The highest BCUT2D eigenvalue weighted by Crippen LogP contribution is 2.35. The van der Waals surface area contributed by atoms with E-state index in [1.54, 1.807) is 0 Å². The topological polar surface area (TPSA) is 110 Å². The smallest absolute Gasteiger partial charge is 0.395 e. The zero-order valence-corrected chi connectivity index (χ0v) is 25.6. The van der Waals surface area contributed by atoms with Crippen LogP contribution in [0.15, 0.2) is 0 Å². The number of rotatable bonds is 27. The number of nitrogens with zero attached hydrogens (tertiary/aromatic N) is 1. The first-order chi connectivity index (χ1) is 17.8. The van der Waals surface area contributed by atoms with Crippen molar-refractivity contribution >= 4 is 7.82 Å². The predicted molar refractivity (Wildman–Crippen MR) is 157 cm³/mol. The molecule has 0 aromatic carbocycles. The summed E-state index contributed by atoms with van der Waals surface area (Å²) >= 11 is 0. The van der Waals surface area contributed by atoms with Gasteiger partial charge in [0.05, 0.1) is 19.8 Å². The van der Waals surface area contributed by atoms with Crippen molar-refractivity contribution in [3.05, 3.63) is 0 Å². The Morgan fingerprint density at radius 3 is 1.43 bits per heavy atom. The molecular formula is C29H64NO6P. The van der Waals surface area contributed by atoms with Gasteiger partial charge in [-0.05, 0) is 25.3 Å². The first-order valence-corrected chi connectivity index (χ1v) is 16.9. The maximum Gasteiger partial charge on any atom is 0.469 e. The Kier molecular flexibility index (Phi) is 32.3. The quantitative estimate of drug-likeness (QED) is 0.0617. The molecule has 0 fully saturated rings.